The molecule has 0 fully saturated rings. The molecule has 19 heavy (non-hydrogen) atoms. The molecule has 1 aromatic rings. The van der Waals surface area contributed by atoms with Gasteiger partial charge in [-0.1, -0.05) is 12.2 Å². The Kier molecular flexibility index (Phi) is 5.41. The van der Waals surface area contributed by atoms with E-state index in [1.165, 1.54) is 12.1 Å². The number of primary sulfonamides is 1. The quantitative estimate of drug-likeness (QED) is 0.445. The second-order valence-corrected chi connectivity index (χ2v) is 8.85. The molecule has 7 nitrogen and oxygen atoms in total. The highest BCUT2D eigenvalue weighted by Gasteiger charge is 2.17. The van der Waals surface area contributed by atoms with Gasteiger partial charge >= 0.3 is 0 Å². The molecule has 0 amide bonds. The first-order valence-electron chi connectivity index (χ1n) is 5.01. The highest BCUT2D eigenvalue weighted by molar-refractivity contribution is 7.91. The zero-order chi connectivity index (χ0) is 14.7. The number of nitrogens with two attached hydrogens (primary N) is 2. The van der Waals surface area contributed by atoms with Gasteiger partial charge in [-0.05, 0) is 18.6 Å². The fourth-order valence-corrected chi connectivity index (χ4v) is 4.16. The second kappa shape index (κ2) is 6.24. The van der Waals surface area contributed by atoms with Crippen LogP contribution in [0.1, 0.15) is 11.3 Å². The zero-order valence-electron chi connectivity index (χ0n) is 9.70. The van der Waals surface area contributed by atoms with Crippen molar-refractivity contribution in [3.05, 3.63) is 17.0 Å². The van der Waals surface area contributed by atoms with Crippen LogP contribution in [0.5, 0.6) is 0 Å². The number of hydrogen-bond acceptors (Lipinski definition) is 6. The third-order valence-corrected chi connectivity index (χ3v) is 6.26. The lowest BCUT2D eigenvalue weighted by Crippen LogP contribution is -2.27. The molecular weight excluding hydrogens is 330 g/mol. The van der Waals surface area contributed by atoms with Gasteiger partial charge in [0.15, 0.2) is 0 Å². The maximum atomic E-state index is 11.8. The SMILES string of the molecule is NC(=S)c1ccc(S(=O)(=O)NCCCS(N)(=O)=O)s1. The van der Waals surface area contributed by atoms with Crippen LogP contribution in [0, 0.1) is 0 Å². The number of thiocarbonyl (C=S) groups is 1. The fourth-order valence-electron chi connectivity index (χ4n) is 1.15. The number of sulfonamides is 2. The summed E-state index contributed by atoms with van der Waals surface area (Å²) >= 11 is 5.69. The molecule has 0 saturated carbocycles. The molecule has 0 aromatic carbocycles. The van der Waals surface area contributed by atoms with Gasteiger partial charge in [-0.3, -0.25) is 0 Å². The average molecular weight is 343 g/mol. The molecule has 108 valence electrons. The van der Waals surface area contributed by atoms with Gasteiger partial charge in [0.25, 0.3) is 0 Å². The summed E-state index contributed by atoms with van der Waals surface area (Å²) < 4.78 is 47.4. The van der Waals surface area contributed by atoms with Gasteiger partial charge in [-0.15, -0.1) is 11.3 Å². The van der Waals surface area contributed by atoms with Crippen LogP contribution in [0.2, 0.25) is 0 Å². The molecule has 0 spiro atoms. The monoisotopic (exact) mass is 343 g/mol. The van der Waals surface area contributed by atoms with E-state index >= 15 is 0 Å². The smallest absolute Gasteiger partial charge is 0.250 e. The van der Waals surface area contributed by atoms with Crippen molar-refractivity contribution in [1.82, 2.24) is 4.72 Å². The highest BCUT2D eigenvalue weighted by atomic mass is 32.2. The van der Waals surface area contributed by atoms with Crippen LogP contribution in [0.25, 0.3) is 0 Å². The Labute approximate surface area is 121 Å². The minimum absolute atomic E-state index is 0.0148. The van der Waals surface area contributed by atoms with Crippen LogP contribution in [-0.2, 0) is 20.0 Å². The molecule has 11 heteroatoms. The minimum atomic E-state index is -3.67. The molecule has 1 rings (SSSR count). The van der Waals surface area contributed by atoms with Gasteiger partial charge in [-0.2, -0.15) is 0 Å². The van der Waals surface area contributed by atoms with Crippen molar-refractivity contribution >= 4 is 48.6 Å². The lowest BCUT2D eigenvalue weighted by Gasteiger charge is -2.03. The Morgan fingerprint density at radius 1 is 1.32 bits per heavy atom. The molecule has 1 heterocycles. The standard InChI is InChI=1S/C8H13N3O4S4/c9-8(16)6-2-3-7(17-6)19(14,15)11-4-1-5-18(10,12)13/h2-3,11H,1,4-5H2,(H2,9,16)(H2,10,12,13). The lowest BCUT2D eigenvalue weighted by molar-refractivity contribution is 0.578. The second-order valence-electron chi connectivity index (χ2n) is 3.60. The van der Waals surface area contributed by atoms with E-state index in [2.05, 4.69) is 4.72 Å². The van der Waals surface area contributed by atoms with Crippen molar-refractivity contribution in [3.63, 3.8) is 0 Å². The third-order valence-electron chi connectivity index (χ3n) is 1.99. The van der Waals surface area contributed by atoms with Crippen LogP contribution >= 0.6 is 23.6 Å². The first kappa shape index (κ1) is 16.5. The molecule has 0 radical (unpaired) electrons. The summed E-state index contributed by atoms with van der Waals surface area (Å²) in [5.41, 5.74) is 5.39. The van der Waals surface area contributed by atoms with Crippen molar-refractivity contribution in [2.45, 2.75) is 10.6 Å². The molecule has 1 aromatic heterocycles. The fraction of sp³-hybridized carbons (Fsp3) is 0.375. The molecule has 0 unspecified atom stereocenters. The summed E-state index contributed by atoms with van der Waals surface area (Å²) in [6.45, 7) is -0.0148. The topological polar surface area (TPSA) is 132 Å². The van der Waals surface area contributed by atoms with E-state index in [-0.39, 0.29) is 27.9 Å². The van der Waals surface area contributed by atoms with Gasteiger partial charge in [0, 0.05) is 6.54 Å². The predicted molar refractivity (Wildman–Crippen MR) is 78.0 cm³/mol. The summed E-state index contributed by atoms with van der Waals surface area (Å²) in [4.78, 5) is 0.626. The maximum Gasteiger partial charge on any atom is 0.250 e. The van der Waals surface area contributed by atoms with E-state index in [9.17, 15) is 16.8 Å². The molecule has 0 aliphatic heterocycles. The van der Waals surface area contributed by atoms with Crippen LogP contribution in [0.15, 0.2) is 16.3 Å². The average Bonchev–Trinajstić information content (AvgIpc) is 2.73. The summed E-state index contributed by atoms with van der Waals surface area (Å²) in [6, 6.07) is 2.91. The summed E-state index contributed by atoms with van der Waals surface area (Å²) in [5.74, 6) is -0.280. The van der Waals surface area contributed by atoms with Crippen LogP contribution in [0.3, 0.4) is 0 Å². The molecule has 0 atom stereocenters. The third kappa shape index (κ3) is 5.50. The van der Waals surface area contributed by atoms with E-state index in [1.54, 1.807) is 0 Å². The zero-order valence-corrected chi connectivity index (χ0v) is 13.0. The Hall–Kier alpha value is -0.590. The summed E-state index contributed by atoms with van der Waals surface area (Å²) in [5, 5.41) is 4.80. The summed E-state index contributed by atoms with van der Waals surface area (Å²) in [7, 11) is -7.25. The summed E-state index contributed by atoms with van der Waals surface area (Å²) in [6.07, 6.45) is 0.103. The van der Waals surface area contributed by atoms with Gasteiger partial charge in [0.05, 0.1) is 10.6 Å². The number of hydrogen-bond donors (Lipinski definition) is 3. The van der Waals surface area contributed by atoms with E-state index in [4.69, 9.17) is 23.1 Å². The van der Waals surface area contributed by atoms with Crippen molar-refractivity contribution in [3.8, 4) is 0 Å². The Balaban J connectivity index is 2.63. The molecule has 0 bridgehead atoms. The number of rotatable bonds is 7. The van der Waals surface area contributed by atoms with Gasteiger partial charge in [-0.25, -0.2) is 26.7 Å². The maximum absolute atomic E-state index is 11.8. The van der Waals surface area contributed by atoms with Gasteiger partial charge in [0.1, 0.15) is 9.20 Å². The lowest BCUT2D eigenvalue weighted by atomic mass is 10.5. The van der Waals surface area contributed by atoms with Gasteiger partial charge in [0.2, 0.25) is 20.0 Å². The Morgan fingerprint density at radius 3 is 2.42 bits per heavy atom. The van der Waals surface area contributed by atoms with Crippen molar-refractivity contribution in [2.75, 3.05) is 12.3 Å². The molecule has 0 aliphatic rings. The van der Waals surface area contributed by atoms with Crippen LogP contribution in [-0.4, -0.2) is 34.1 Å². The van der Waals surface area contributed by atoms with Crippen LogP contribution < -0.4 is 15.6 Å². The number of thiophene rings is 1. The number of nitrogens with one attached hydrogen (secondary N) is 1. The largest absolute Gasteiger partial charge is 0.389 e. The normalized spacial score (nSPS) is 12.5. The van der Waals surface area contributed by atoms with Crippen LogP contribution in [0.4, 0.5) is 0 Å². The predicted octanol–water partition coefficient (Wildman–Crippen LogP) is -0.661. The van der Waals surface area contributed by atoms with Crippen molar-refractivity contribution in [2.24, 2.45) is 10.9 Å². The molecule has 0 aliphatic carbocycles. The van der Waals surface area contributed by atoms with Crippen molar-refractivity contribution in [1.29, 1.82) is 0 Å². The first-order chi connectivity index (χ1) is 8.62. The minimum Gasteiger partial charge on any atom is -0.389 e. The Bertz CT molecular complexity index is 662. The first-order valence-corrected chi connectivity index (χ1v) is 9.44. The van der Waals surface area contributed by atoms with Crippen molar-refractivity contribution < 1.29 is 16.8 Å². The molecule has 0 saturated heterocycles. The van der Waals surface area contributed by atoms with E-state index < -0.39 is 20.0 Å². The van der Waals surface area contributed by atoms with E-state index in [0.29, 0.717) is 4.88 Å². The Morgan fingerprint density at radius 2 is 1.95 bits per heavy atom. The van der Waals surface area contributed by atoms with Gasteiger partial charge < -0.3 is 5.73 Å². The van der Waals surface area contributed by atoms with E-state index in [0.717, 1.165) is 11.3 Å². The van der Waals surface area contributed by atoms with E-state index in [1.807, 2.05) is 0 Å². The molecular formula is C8H13N3O4S4. The molecule has 5 N–H and O–H groups in total. The highest BCUT2D eigenvalue weighted by Crippen LogP contribution is 2.21.